The Morgan fingerprint density at radius 1 is 1.17 bits per heavy atom. The van der Waals surface area contributed by atoms with Gasteiger partial charge in [0.15, 0.2) is 0 Å². The number of hydrogen-bond donors (Lipinski definition) is 2. The van der Waals surface area contributed by atoms with Gasteiger partial charge < -0.3 is 5.11 Å². The van der Waals surface area contributed by atoms with E-state index in [1.54, 1.807) is 0 Å². The molecular weight excluding hydrogens is 247 g/mol. The van der Waals surface area contributed by atoms with Crippen LogP contribution in [0.3, 0.4) is 0 Å². The Morgan fingerprint density at radius 3 is 2.17 bits per heavy atom. The molecule has 0 saturated heterocycles. The maximum absolute atomic E-state index is 12.1. The van der Waals surface area contributed by atoms with Crippen LogP contribution in [-0.2, 0) is 4.79 Å². The van der Waals surface area contributed by atoms with Crippen molar-refractivity contribution in [3.63, 3.8) is 0 Å². The monoisotopic (exact) mass is 269 g/mol. The van der Waals surface area contributed by atoms with Gasteiger partial charge in [0.2, 0.25) is 0 Å². The van der Waals surface area contributed by atoms with Gasteiger partial charge in [-0.15, -0.1) is 0 Å². The summed E-state index contributed by atoms with van der Waals surface area (Å²) in [6.07, 6.45) is 0.423. The van der Waals surface area contributed by atoms with Gasteiger partial charge in [0.1, 0.15) is 5.54 Å². The van der Waals surface area contributed by atoms with Gasteiger partial charge in [0.05, 0.1) is 6.54 Å². The number of halogens is 3. The number of nitrogens with one attached hydrogen (secondary N) is 1. The predicted molar refractivity (Wildman–Crippen MR) is 63.5 cm³/mol. The van der Waals surface area contributed by atoms with Gasteiger partial charge in [-0.3, -0.25) is 10.1 Å². The lowest BCUT2D eigenvalue weighted by atomic mass is 9.94. The highest BCUT2D eigenvalue weighted by atomic mass is 19.4. The number of aliphatic carboxylic acids is 1. The van der Waals surface area contributed by atoms with Crippen LogP contribution in [0.25, 0.3) is 0 Å². The molecule has 0 amide bonds. The molecule has 0 aliphatic heterocycles. The Bertz CT molecular complexity index is 256. The van der Waals surface area contributed by atoms with E-state index >= 15 is 0 Å². The molecule has 0 radical (unpaired) electrons. The van der Waals surface area contributed by atoms with Gasteiger partial charge >= 0.3 is 12.1 Å². The third-order valence-electron chi connectivity index (χ3n) is 2.93. The van der Waals surface area contributed by atoms with Crippen LogP contribution in [0.4, 0.5) is 13.2 Å². The molecule has 0 heterocycles. The molecule has 0 aliphatic rings. The van der Waals surface area contributed by atoms with Crippen molar-refractivity contribution < 1.29 is 23.1 Å². The summed E-state index contributed by atoms with van der Waals surface area (Å²) in [5.41, 5.74) is -1.50. The first kappa shape index (κ1) is 17.2. The standard InChI is InChI=1S/C12H22F3NO2/c1-3-4-5-6-7-8-11(2,10(17)18)16-9-12(13,14)15/h16H,3-9H2,1-2H3,(H,17,18). The molecule has 0 aromatic rings. The van der Waals surface area contributed by atoms with Gasteiger partial charge in [-0.2, -0.15) is 13.2 Å². The van der Waals surface area contributed by atoms with Crippen LogP contribution in [0.2, 0.25) is 0 Å². The van der Waals surface area contributed by atoms with E-state index in [4.69, 9.17) is 5.11 Å². The highest BCUT2D eigenvalue weighted by molar-refractivity contribution is 5.78. The van der Waals surface area contributed by atoms with Crippen LogP contribution in [0, 0.1) is 0 Å². The summed E-state index contributed by atoms with van der Waals surface area (Å²) in [4.78, 5) is 11.0. The maximum Gasteiger partial charge on any atom is 0.401 e. The van der Waals surface area contributed by atoms with Gasteiger partial charge in [0, 0.05) is 0 Å². The molecule has 6 heteroatoms. The fourth-order valence-corrected chi connectivity index (χ4v) is 1.65. The fourth-order valence-electron chi connectivity index (χ4n) is 1.65. The van der Waals surface area contributed by atoms with Crippen molar-refractivity contribution in [2.45, 2.75) is 64.1 Å². The Kier molecular flexibility index (Phi) is 7.28. The summed E-state index contributed by atoms with van der Waals surface area (Å²) in [5.74, 6) is -1.23. The van der Waals surface area contributed by atoms with E-state index in [1.165, 1.54) is 6.92 Å². The van der Waals surface area contributed by atoms with Crippen molar-refractivity contribution in [3.8, 4) is 0 Å². The smallest absolute Gasteiger partial charge is 0.401 e. The van der Waals surface area contributed by atoms with Gasteiger partial charge in [-0.1, -0.05) is 39.0 Å². The van der Waals surface area contributed by atoms with E-state index in [9.17, 15) is 18.0 Å². The van der Waals surface area contributed by atoms with E-state index in [-0.39, 0.29) is 6.42 Å². The number of carbonyl (C=O) groups is 1. The predicted octanol–water partition coefficient (Wildman–Crippen LogP) is 3.34. The molecule has 1 atom stereocenters. The van der Waals surface area contributed by atoms with Crippen LogP contribution in [0.15, 0.2) is 0 Å². The molecule has 0 aromatic carbocycles. The lowest BCUT2D eigenvalue weighted by Gasteiger charge is -2.27. The van der Waals surface area contributed by atoms with Crippen LogP contribution in [0.5, 0.6) is 0 Å². The minimum atomic E-state index is -4.39. The molecule has 0 aromatic heterocycles. The second kappa shape index (κ2) is 7.61. The van der Waals surface area contributed by atoms with E-state index in [2.05, 4.69) is 12.2 Å². The van der Waals surface area contributed by atoms with E-state index in [0.29, 0.717) is 6.42 Å². The molecule has 0 aliphatic carbocycles. The van der Waals surface area contributed by atoms with Crippen LogP contribution < -0.4 is 5.32 Å². The fraction of sp³-hybridized carbons (Fsp3) is 0.917. The van der Waals surface area contributed by atoms with Gasteiger partial charge in [-0.05, 0) is 13.3 Å². The summed E-state index contributed by atoms with van der Waals surface area (Å²) < 4.78 is 36.2. The average molecular weight is 269 g/mol. The van der Waals surface area contributed by atoms with Crippen molar-refractivity contribution in [3.05, 3.63) is 0 Å². The third-order valence-corrected chi connectivity index (χ3v) is 2.93. The van der Waals surface area contributed by atoms with Crippen molar-refractivity contribution in [2.75, 3.05) is 6.54 Å². The van der Waals surface area contributed by atoms with E-state index < -0.39 is 24.2 Å². The summed E-state index contributed by atoms with van der Waals surface area (Å²) in [7, 11) is 0. The highest BCUT2D eigenvalue weighted by Gasteiger charge is 2.37. The van der Waals surface area contributed by atoms with E-state index in [0.717, 1.165) is 25.7 Å². The molecule has 0 fully saturated rings. The van der Waals surface area contributed by atoms with Crippen LogP contribution in [-0.4, -0.2) is 29.3 Å². The number of hydrogen-bond acceptors (Lipinski definition) is 2. The molecule has 108 valence electrons. The Balaban J connectivity index is 4.14. The summed E-state index contributed by atoms with van der Waals surface area (Å²) in [6, 6.07) is 0. The molecule has 2 N–H and O–H groups in total. The quantitative estimate of drug-likeness (QED) is 0.631. The Labute approximate surface area is 106 Å². The first-order valence-electron chi connectivity index (χ1n) is 6.26. The number of carboxylic acid groups (broad SMARTS) is 1. The molecule has 1 unspecified atom stereocenters. The second-order valence-electron chi connectivity index (χ2n) is 4.77. The number of alkyl halides is 3. The third kappa shape index (κ3) is 7.53. The van der Waals surface area contributed by atoms with Gasteiger partial charge in [-0.25, -0.2) is 0 Å². The summed E-state index contributed by atoms with van der Waals surface area (Å²) in [5, 5.41) is 11.1. The summed E-state index contributed by atoms with van der Waals surface area (Å²) >= 11 is 0. The van der Waals surface area contributed by atoms with Crippen molar-refractivity contribution >= 4 is 5.97 Å². The van der Waals surface area contributed by atoms with Crippen molar-refractivity contribution in [1.82, 2.24) is 5.32 Å². The van der Waals surface area contributed by atoms with Crippen molar-refractivity contribution in [1.29, 1.82) is 0 Å². The van der Waals surface area contributed by atoms with Crippen LogP contribution in [0.1, 0.15) is 52.4 Å². The van der Waals surface area contributed by atoms with E-state index in [1.807, 2.05) is 0 Å². The zero-order chi connectivity index (χ0) is 14.2. The maximum atomic E-state index is 12.1. The summed E-state index contributed by atoms with van der Waals surface area (Å²) in [6.45, 7) is 2.10. The number of rotatable bonds is 9. The average Bonchev–Trinajstić information content (AvgIpc) is 2.25. The minimum Gasteiger partial charge on any atom is -0.480 e. The SMILES string of the molecule is CCCCCCCC(C)(NCC(F)(F)F)C(=O)O. The molecule has 3 nitrogen and oxygen atoms in total. The minimum absolute atomic E-state index is 0.210. The molecule has 0 spiro atoms. The zero-order valence-corrected chi connectivity index (χ0v) is 10.9. The first-order chi connectivity index (χ1) is 8.21. The molecule has 0 rings (SSSR count). The number of carboxylic acids is 1. The Morgan fingerprint density at radius 2 is 1.72 bits per heavy atom. The van der Waals surface area contributed by atoms with Crippen molar-refractivity contribution in [2.24, 2.45) is 0 Å². The molecule has 0 saturated carbocycles. The van der Waals surface area contributed by atoms with Crippen LogP contribution >= 0.6 is 0 Å². The lowest BCUT2D eigenvalue weighted by Crippen LogP contribution is -2.52. The largest absolute Gasteiger partial charge is 0.480 e. The molecule has 0 bridgehead atoms. The Hall–Kier alpha value is -0.780. The zero-order valence-electron chi connectivity index (χ0n) is 10.9. The van der Waals surface area contributed by atoms with Gasteiger partial charge in [0.25, 0.3) is 0 Å². The normalized spacial score (nSPS) is 15.4. The second-order valence-corrected chi connectivity index (χ2v) is 4.77. The molecular formula is C12H22F3NO2. The molecule has 18 heavy (non-hydrogen) atoms. The highest BCUT2D eigenvalue weighted by Crippen LogP contribution is 2.19. The lowest BCUT2D eigenvalue weighted by molar-refractivity contribution is -0.149. The first-order valence-corrected chi connectivity index (χ1v) is 6.26. The topological polar surface area (TPSA) is 49.3 Å². The number of unbranched alkanes of at least 4 members (excludes halogenated alkanes) is 4.